The fourth-order valence-corrected chi connectivity index (χ4v) is 20.9. The molecule has 15 aromatic heterocycles. The quantitative estimate of drug-likeness (QED) is 0.130. The molecular formula is C72H24Br6N12O6S3. The molecule has 0 saturated carbocycles. The fraction of sp³-hybridized carbons (Fsp3) is 0. The molecule has 24 rings (SSSR count). The molecule has 0 bridgehead atoms. The topological polar surface area (TPSA) is 206 Å². The molecule has 0 saturated heterocycles. The largest absolute Gasteiger partial charge is 0.274 e. The van der Waals surface area contributed by atoms with E-state index in [0.717, 1.165) is 156 Å². The third kappa shape index (κ3) is 7.40. The number of rotatable bonds is 0. The Morgan fingerprint density at radius 2 is 0.455 bits per heavy atom. The van der Waals surface area contributed by atoms with Gasteiger partial charge >= 0.3 is 0 Å². The summed E-state index contributed by atoms with van der Waals surface area (Å²) >= 11 is 25.2. The number of pyridine rings is 6. The van der Waals surface area contributed by atoms with Gasteiger partial charge in [-0.1, -0.05) is 95.6 Å². The zero-order chi connectivity index (χ0) is 66.5. The zero-order valence-electron chi connectivity index (χ0n) is 49.2. The van der Waals surface area contributed by atoms with Crippen molar-refractivity contribution in [2.75, 3.05) is 0 Å². The average Bonchev–Trinajstić information content (AvgIpc) is 1.55. The van der Waals surface area contributed by atoms with E-state index >= 15 is 0 Å². The molecule has 0 amide bonds. The number of imidazole rings is 6. The molecule has 24 aromatic rings. The molecule has 0 unspecified atom stereocenters. The molecule has 0 radical (unpaired) electrons. The summed E-state index contributed by atoms with van der Waals surface area (Å²) in [5, 5.41) is 9.12. The van der Waals surface area contributed by atoms with Crippen molar-refractivity contribution in [1.82, 2.24) is 56.3 Å². The molecule has 99 heavy (non-hydrogen) atoms. The Hall–Kier alpha value is -9.42. The summed E-state index contributed by atoms with van der Waals surface area (Å²) < 4.78 is 19.7. The first kappa shape index (κ1) is 57.5. The summed E-state index contributed by atoms with van der Waals surface area (Å²) in [6.07, 6.45) is 0. The van der Waals surface area contributed by atoms with Crippen LogP contribution < -0.4 is 33.4 Å². The van der Waals surface area contributed by atoms with Crippen LogP contribution in [-0.4, -0.2) is 56.3 Å². The van der Waals surface area contributed by atoms with E-state index in [1.54, 1.807) is 26.4 Å². The lowest BCUT2D eigenvalue weighted by molar-refractivity contribution is 1.19. The minimum absolute atomic E-state index is 0.125. The molecular weight excluding hydrogens is 1700 g/mol. The standard InChI is InChI=1S/3C24H8Br2N4O2S/c25-9-2-6-15-14(7-9)28-22-19-18-12(23(31)29(15)22)4-3-11-17(18)20(33-19)24(32)30-16-8-10(26)1-5-13(16)27-21(11)30;25-9-1-5-15-13(7-9)27-21-11-3-4-12-18-17(11)20(24(32)29(15)21)33-19(18)22-28-14-8-10(26)2-6-16(14)30(22)23(12)31;25-9-1-5-13-15(7-9)29-21(27-13)11-3-4-12-18-17(11)20(24(29)32)33-19(18)22-28-14-6-2-10(26)8-16(14)30(22)23(12)31/h3*1-8H. The summed E-state index contributed by atoms with van der Waals surface area (Å²) in [4.78, 5) is 111. The number of aromatic nitrogens is 12. The van der Waals surface area contributed by atoms with Crippen LogP contribution in [0.2, 0.25) is 0 Å². The minimum Gasteiger partial charge on any atom is -0.268 e. The molecule has 0 spiro atoms. The predicted molar refractivity (Wildman–Crippen MR) is 419 cm³/mol. The lowest BCUT2D eigenvalue weighted by atomic mass is 10.0. The van der Waals surface area contributed by atoms with Crippen LogP contribution in [0.3, 0.4) is 0 Å². The Bertz CT molecular complexity index is 8100. The number of fused-ring (bicyclic) bond motifs is 24. The van der Waals surface area contributed by atoms with E-state index in [2.05, 4.69) is 95.6 Å². The molecule has 0 aliphatic heterocycles. The Kier molecular flexibility index (Phi) is 11.5. The van der Waals surface area contributed by atoms with Gasteiger partial charge in [0.15, 0.2) is 16.9 Å². The van der Waals surface area contributed by atoms with Crippen LogP contribution in [-0.2, 0) is 0 Å². The van der Waals surface area contributed by atoms with Crippen LogP contribution >= 0.6 is 130 Å². The van der Waals surface area contributed by atoms with E-state index < -0.39 is 0 Å². The highest BCUT2D eigenvalue weighted by atomic mass is 79.9. The van der Waals surface area contributed by atoms with Gasteiger partial charge in [-0.25, -0.2) is 29.9 Å². The number of thiophene rings is 3. The van der Waals surface area contributed by atoms with Crippen LogP contribution in [0.4, 0.5) is 0 Å². The summed E-state index contributed by atoms with van der Waals surface area (Å²) in [6, 6.07) is 45.5. The van der Waals surface area contributed by atoms with Crippen molar-refractivity contribution in [1.29, 1.82) is 0 Å². The lowest BCUT2D eigenvalue weighted by Gasteiger charge is -2.05. The van der Waals surface area contributed by atoms with Crippen molar-refractivity contribution in [3.8, 4) is 0 Å². The normalized spacial score (nSPS) is 12.8. The van der Waals surface area contributed by atoms with Gasteiger partial charge in [-0.15, -0.1) is 34.0 Å². The number of benzene rings is 9. The van der Waals surface area contributed by atoms with Gasteiger partial charge < -0.3 is 0 Å². The monoisotopic (exact) mass is 1720 g/mol. The average molecular weight is 1730 g/mol. The maximum Gasteiger partial charge on any atom is 0.274 e. The van der Waals surface area contributed by atoms with Crippen molar-refractivity contribution in [2.24, 2.45) is 0 Å². The van der Waals surface area contributed by atoms with Gasteiger partial charge in [-0.3, -0.25) is 55.2 Å². The number of hydrogen-bond donors (Lipinski definition) is 0. The highest BCUT2D eigenvalue weighted by molar-refractivity contribution is 9.11. The van der Waals surface area contributed by atoms with E-state index in [9.17, 15) is 28.8 Å². The van der Waals surface area contributed by atoms with Gasteiger partial charge in [-0.05, 0) is 146 Å². The lowest BCUT2D eigenvalue weighted by Crippen LogP contribution is -2.13. The molecule has 0 aliphatic rings. The van der Waals surface area contributed by atoms with Crippen molar-refractivity contribution in [3.05, 3.63) is 235 Å². The molecule has 18 nitrogen and oxygen atoms in total. The van der Waals surface area contributed by atoms with Crippen molar-refractivity contribution >= 4 is 323 Å². The second-order valence-corrected chi connectivity index (χ2v) is 32.8. The third-order valence-corrected chi connectivity index (χ3v) is 25.6. The third-order valence-electron chi connectivity index (χ3n) is 19.1. The second-order valence-electron chi connectivity index (χ2n) is 24.3. The Morgan fingerprint density at radius 3 is 0.788 bits per heavy atom. The molecule has 0 atom stereocenters. The number of hydrogen-bond acceptors (Lipinski definition) is 15. The van der Waals surface area contributed by atoms with Crippen LogP contribution in [0.25, 0.3) is 193 Å². The second kappa shape index (κ2) is 19.7. The van der Waals surface area contributed by atoms with E-state index in [-0.39, 0.29) is 33.4 Å². The maximum atomic E-state index is 13.8. The highest BCUT2D eigenvalue weighted by Crippen LogP contribution is 2.46. The Labute approximate surface area is 607 Å². The smallest absolute Gasteiger partial charge is 0.268 e. The summed E-state index contributed by atoms with van der Waals surface area (Å²) in [5.74, 6) is 0. The van der Waals surface area contributed by atoms with Crippen LogP contribution in [0.5, 0.6) is 0 Å². The Morgan fingerprint density at radius 1 is 0.222 bits per heavy atom. The first-order chi connectivity index (χ1) is 48.0. The molecule has 468 valence electrons. The van der Waals surface area contributed by atoms with Gasteiger partial charge in [0.2, 0.25) is 0 Å². The van der Waals surface area contributed by atoms with Gasteiger partial charge in [0.05, 0.1) is 80.3 Å². The number of halogens is 6. The van der Waals surface area contributed by atoms with E-state index in [4.69, 9.17) is 29.9 Å². The zero-order valence-corrected chi connectivity index (χ0v) is 61.1. The SMILES string of the molecule is O=c1c2sc3c4c(ccc(c24)c2nc4cc(Br)ccc4n12)c(=O)n1c2ccc(Br)cc2nc31.O=c1c2sc3c4c(ccc(c24)c2nc4ccc(Br)cc4n12)c(=O)n1c2cc(Br)ccc2nc31.O=c1c2sc3c4c(ccc(c24)c2nc4ccc(Br)cc4n12)c(=O)n1c2ccc(Br)cc2nc31. The van der Waals surface area contributed by atoms with Crippen LogP contribution in [0, 0.1) is 0 Å². The molecule has 27 heteroatoms. The van der Waals surface area contributed by atoms with Gasteiger partial charge in [0.25, 0.3) is 33.4 Å². The predicted octanol–water partition coefficient (Wildman–Crippen LogP) is 17.8. The van der Waals surface area contributed by atoms with Crippen molar-refractivity contribution in [3.63, 3.8) is 0 Å². The van der Waals surface area contributed by atoms with Crippen LogP contribution in [0.15, 0.2) is 201 Å². The summed E-state index contributed by atoms with van der Waals surface area (Å²) in [5.41, 5.74) is 11.8. The van der Waals surface area contributed by atoms with Crippen molar-refractivity contribution in [2.45, 2.75) is 0 Å². The van der Waals surface area contributed by atoms with E-state index in [1.807, 2.05) is 146 Å². The molecule has 9 aromatic carbocycles. The van der Waals surface area contributed by atoms with Gasteiger partial charge in [-0.2, -0.15) is 0 Å². The molecule has 0 aliphatic carbocycles. The molecule has 15 heterocycles. The van der Waals surface area contributed by atoms with Crippen molar-refractivity contribution < 1.29 is 0 Å². The fourth-order valence-electron chi connectivity index (χ4n) is 15.1. The first-order valence-corrected chi connectivity index (χ1v) is 37.4. The van der Waals surface area contributed by atoms with Gasteiger partial charge in [0, 0.05) is 91.5 Å². The molecule has 0 fully saturated rings. The minimum atomic E-state index is -0.135. The highest BCUT2D eigenvalue weighted by Gasteiger charge is 2.30. The molecule has 0 N–H and O–H groups in total. The number of nitrogens with zero attached hydrogens (tertiary/aromatic N) is 12. The summed E-state index contributed by atoms with van der Waals surface area (Å²) in [7, 11) is 0. The van der Waals surface area contributed by atoms with Gasteiger partial charge in [0.1, 0.15) is 31.0 Å². The summed E-state index contributed by atoms with van der Waals surface area (Å²) in [6.45, 7) is 0. The van der Waals surface area contributed by atoms with E-state index in [0.29, 0.717) is 64.1 Å². The first-order valence-electron chi connectivity index (χ1n) is 30.2. The Balaban J connectivity index is 0.0000000949. The van der Waals surface area contributed by atoms with Crippen LogP contribution in [0.1, 0.15) is 0 Å². The van der Waals surface area contributed by atoms with E-state index in [1.165, 1.54) is 34.0 Å². The maximum absolute atomic E-state index is 13.8.